The van der Waals surface area contributed by atoms with Crippen LogP contribution in [0.2, 0.25) is 0 Å². The SMILES string of the molecule is Cc1nnnn1[C@@H]1C[C@@]23COC[C@](C)([C@@H]2CC[C@H]2C3=CC[C@@]3(C)C(C(=O)O)[C@@](C)([C@H](C)C(C)C)CC[C@]23C)[C@H]1OC[C@](C)(N)C(C)C. The fourth-order valence-electron chi connectivity index (χ4n) is 12.1. The van der Waals surface area contributed by atoms with Gasteiger partial charge in [0, 0.05) is 16.4 Å². The molecule has 4 fully saturated rings. The van der Waals surface area contributed by atoms with Gasteiger partial charge >= 0.3 is 5.97 Å². The Morgan fingerprint density at radius 3 is 2.43 bits per heavy atom. The number of aromatic nitrogens is 4. The zero-order valence-electron chi connectivity index (χ0n) is 31.1. The molecule has 9 nitrogen and oxygen atoms in total. The smallest absolute Gasteiger partial charge is 0.307 e. The number of nitrogens with two attached hydrogens (primary N) is 1. The van der Waals surface area contributed by atoms with Crippen LogP contribution in [0.5, 0.6) is 0 Å². The quantitative estimate of drug-likeness (QED) is 0.291. The second kappa shape index (κ2) is 11.3. The molecule has 4 aliphatic carbocycles. The van der Waals surface area contributed by atoms with E-state index in [2.05, 4.69) is 90.8 Å². The van der Waals surface area contributed by atoms with E-state index in [0.29, 0.717) is 43.5 Å². The van der Waals surface area contributed by atoms with E-state index in [-0.39, 0.29) is 45.1 Å². The summed E-state index contributed by atoms with van der Waals surface area (Å²) in [7, 11) is 0. The number of carboxylic acids is 1. The van der Waals surface area contributed by atoms with Crippen LogP contribution in [0.15, 0.2) is 11.6 Å². The number of fused-ring (bicyclic) bond motifs is 3. The summed E-state index contributed by atoms with van der Waals surface area (Å²) in [4.78, 5) is 13.4. The lowest BCUT2D eigenvalue weighted by molar-refractivity contribution is -0.253. The van der Waals surface area contributed by atoms with E-state index in [9.17, 15) is 9.90 Å². The Kier molecular flexibility index (Phi) is 8.45. The molecule has 1 aliphatic heterocycles. The summed E-state index contributed by atoms with van der Waals surface area (Å²) >= 11 is 0. The van der Waals surface area contributed by atoms with Gasteiger partial charge in [0.2, 0.25) is 0 Å². The van der Waals surface area contributed by atoms with Gasteiger partial charge in [-0.2, -0.15) is 0 Å². The zero-order chi connectivity index (χ0) is 34.5. The van der Waals surface area contributed by atoms with Crippen LogP contribution in [0, 0.1) is 69.5 Å². The number of rotatable bonds is 8. The number of nitrogens with zero attached hydrogens (tertiary/aromatic N) is 4. The molecule has 6 rings (SSSR count). The normalized spacial score (nSPS) is 45.0. The van der Waals surface area contributed by atoms with E-state index in [1.165, 1.54) is 5.57 Å². The van der Waals surface area contributed by atoms with Gasteiger partial charge in [0.1, 0.15) is 5.82 Å². The van der Waals surface area contributed by atoms with Gasteiger partial charge in [-0.1, -0.05) is 74.0 Å². The minimum absolute atomic E-state index is 0.0628. The lowest BCUT2D eigenvalue weighted by atomic mass is 9.34. The lowest BCUT2D eigenvalue weighted by Crippen LogP contribution is -2.69. The maximum absolute atomic E-state index is 13.4. The molecule has 0 spiro atoms. The summed E-state index contributed by atoms with van der Waals surface area (Å²) in [6.07, 6.45) is 8.12. The molecule has 0 aromatic carbocycles. The Hall–Kier alpha value is -1.84. The highest BCUT2D eigenvalue weighted by molar-refractivity contribution is 5.73. The summed E-state index contributed by atoms with van der Waals surface area (Å²) in [5.41, 5.74) is 6.66. The molecule has 3 saturated carbocycles. The van der Waals surface area contributed by atoms with Crippen molar-refractivity contribution < 1.29 is 19.4 Å². The van der Waals surface area contributed by atoms with Crippen molar-refractivity contribution in [2.75, 3.05) is 19.8 Å². The van der Waals surface area contributed by atoms with Gasteiger partial charge in [0.05, 0.1) is 37.9 Å². The third-order valence-electron chi connectivity index (χ3n) is 16.0. The molecule has 264 valence electrons. The molecule has 0 radical (unpaired) electrons. The number of allylic oxidation sites excluding steroid dienone is 1. The minimum atomic E-state index is -0.620. The number of ether oxygens (including phenoxy) is 2. The monoisotopic (exact) mass is 653 g/mol. The number of tetrazole rings is 1. The number of carbonyl (C=O) groups is 1. The van der Waals surface area contributed by atoms with Crippen LogP contribution in [0.4, 0.5) is 0 Å². The van der Waals surface area contributed by atoms with Crippen molar-refractivity contribution in [3.05, 3.63) is 17.5 Å². The number of aliphatic carboxylic acids is 1. The van der Waals surface area contributed by atoms with Gasteiger partial charge in [-0.15, -0.1) is 5.10 Å². The largest absolute Gasteiger partial charge is 0.481 e. The van der Waals surface area contributed by atoms with Gasteiger partial charge in [-0.3, -0.25) is 4.79 Å². The van der Waals surface area contributed by atoms with Crippen LogP contribution in [0.1, 0.15) is 120 Å². The summed E-state index contributed by atoms with van der Waals surface area (Å²) in [5.74, 6) is 1.47. The third kappa shape index (κ3) is 4.78. The van der Waals surface area contributed by atoms with Crippen molar-refractivity contribution in [2.24, 2.45) is 68.3 Å². The maximum atomic E-state index is 13.4. The second-order valence-corrected chi connectivity index (χ2v) is 18.7. The van der Waals surface area contributed by atoms with Crippen molar-refractivity contribution >= 4 is 5.97 Å². The van der Waals surface area contributed by atoms with Crippen LogP contribution >= 0.6 is 0 Å². The molecule has 0 amide bonds. The zero-order valence-corrected chi connectivity index (χ0v) is 31.1. The van der Waals surface area contributed by atoms with Crippen LogP contribution in [-0.4, -0.2) is 62.7 Å². The van der Waals surface area contributed by atoms with E-state index in [1.54, 1.807) is 0 Å². The van der Waals surface area contributed by atoms with E-state index >= 15 is 0 Å². The fourth-order valence-corrected chi connectivity index (χ4v) is 12.1. The highest BCUT2D eigenvalue weighted by Gasteiger charge is 2.72. The maximum Gasteiger partial charge on any atom is 0.307 e. The van der Waals surface area contributed by atoms with Crippen molar-refractivity contribution in [2.45, 2.75) is 132 Å². The first-order chi connectivity index (χ1) is 21.8. The Morgan fingerprint density at radius 1 is 1.13 bits per heavy atom. The Bertz CT molecular complexity index is 1410. The first kappa shape index (κ1) is 35.0. The fraction of sp³-hybridized carbons (Fsp3) is 0.895. The van der Waals surface area contributed by atoms with E-state index in [1.807, 2.05) is 11.6 Å². The molecular weight excluding hydrogens is 590 g/mol. The second-order valence-electron chi connectivity index (χ2n) is 18.7. The molecule has 47 heavy (non-hydrogen) atoms. The molecule has 5 aliphatic rings. The van der Waals surface area contributed by atoms with Gasteiger partial charge in [0.15, 0.2) is 0 Å². The van der Waals surface area contributed by atoms with Crippen molar-refractivity contribution in [1.29, 1.82) is 0 Å². The summed E-state index contributed by atoms with van der Waals surface area (Å²) in [6, 6.07) is -0.0628. The predicted octanol–water partition coefficient (Wildman–Crippen LogP) is 6.87. The van der Waals surface area contributed by atoms with Crippen LogP contribution in [0.25, 0.3) is 0 Å². The highest BCUT2D eigenvalue weighted by Crippen LogP contribution is 2.75. The Balaban J connectivity index is 1.45. The topological polar surface area (TPSA) is 125 Å². The van der Waals surface area contributed by atoms with Crippen molar-refractivity contribution in [3.63, 3.8) is 0 Å². The Morgan fingerprint density at radius 2 is 1.83 bits per heavy atom. The Labute approximate surface area is 283 Å². The van der Waals surface area contributed by atoms with E-state index < -0.39 is 17.4 Å². The molecule has 2 bridgehead atoms. The molecular formula is C38H63N5O4. The lowest BCUT2D eigenvalue weighted by Gasteiger charge is -2.71. The molecule has 3 N–H and O–H groups in total. The summed E-state index contributed by atoms with van der Waals surface area (Å²) in [6.45, 7) is 26.4. The minimum Gasteiger partial charge on any atom is -0.481 e. The number of aryl methyl sites for hydroxylation is 1. The van der Waals surface area contributed by atoms with Crippen LogP contribution in [-0.2, 0) is 14.3 Å². The molecule has 1 saturated heterocycles. The highest BCUT2D eigenvalue weighted by atomic mass is 16.5. The van der Waals surface area contributed by atoms with E-state index in [4.69, 9.17) is 15.2 Å². The molecule has 2 heterocycles. The predicted molar refractivity (Wildman–Crippen MR) is 182 cm³/mol. The molecule has 1 unspecified atom stereocenters. The first-order valence-corrected chi connectivity index (χ1v) is 18.5. The van der Waals surface area contributed by atoms with Crippen LogP contribution in [0.3, 0.4) is 0 Å². The summed E-state index contributed by atoms with van der Waals surface area (Å²) < 4.78 is 15.7. The van der Waals surface area contributed by atoms with E-state index in [0.717, 1.165) is 44.3 Å². The number of hydrogen-bond acceptors (Lipinski definition) is 7. The average Bonchev–Trinajstić information content (AvgIpc) is 3.41. The van der Waals surface area contributed by atoms with Gasteiger partial charge in [-0.05, 0) is 109 Å². The molecule has 1 aromatic heterocycles. The number of carboxylic acid groups (broad SMARTS) is 1. The van der Waals surface area contributed by atoms with Crippen molar-refractivity contribution in [3.8, 4) is 0 Å². The van der Waals surface area contributed by atoms with Crippen molar-refractivity contribution in [1.82, 2.24) is 20.2 Å². The standard InChI is InChI=1S/C38H63N5O4/c1-22(2)24(5)33(7)16-17-35(9)26-12-13-29-34(8)19-46-21-38(29,27(26)14-15-36(35,10)30(33)32(44)45)18-28(43-25(6)40-41-42-43)31(34)47-20-37(11,39)23(3)4/h14,22-24,26,28-31H,12-13,15-21,39H2,1-11H3,(H,44,45)/t24-,26+,28-,29+,30?,31+,33-,34-,35-,36+,37+,38+/m1/s1. The van der Waals surface area contributed by atoms with Gasteiger partial charge in [-0.25, -0.2) is 4.68 Å². The van der Waals surface area contributed by atoms with Gasteiger partial charge in [0.25, 0.3) is 0 Å². The number of hydrogen-bond donors (Lipinski definition) is 2. The van der Waals surface area contributed by atoms with Crippen LogP contribution < -0.4 is 5.73 Å². The summed E-state index contributed by atoms with van der Waals surface area (Å²) in [5, 5.41) is 24.0. The average molecular weight is 654 g/mol. The first-order valence-electron chi connectivity index (χ1n) is 18.5. The van der Waals surface area contributed by atoms with Gasteiger partial charge < -0.3 is 20.3 Å². The molecule has 9 heteroatoms. The molecule has 1 aromatic rings. The third-order valence-corrected chi connectivity index (χ3v) is 16.0. The molecule has 12 atom stereocenters.